The zero-order valence-corrected chi connectivity index (χ0v) is 14.6. The molecule has 25 heavy (non-hydrogen) atoms. The molecule has 134 valence electrons. The SMILES string of the molecule is Cc1cc(=O)c(C(=O)NCC(N)C2CC2)nn1-c1ccccc1F.Cl. The van der Waals surface area contributed by atoms with Gasteiger partial charge in [0.1, 0.15) is 11.5 Å². The van der Waals surface area contributed by atoms with Crippen molar-refractivity contribution in [3.63, 3.8) is 0 Å². The third-order valence-corrected chi connectivity index (χ3v) is 4.13. The molecule has 6 nitrogen and oxygen atoms in total. The number of amides is 1. The van der Waals surface area contributed by atoms with Crippen LogP contribution in [0, 0.1) is 18.7 Å². The maximum atomic E-state index is 14.0. The van der Waals surface area contributed by atoms with E-state index in [1.165, 1.54) is 22.9 Å². The van der Waals surface area contributed by atoms with Crippen LogP contribution in [0.2, 0.25) is 0 Å². The van der Waals surface area contributed by atoms with Gasteiger partial charge in [0.15, 0.2) is 5.69 Å². The van der Waals surface area contributed by atoms with Crippen LogP contribution in [0.3, 0.4) is 0 Å². The van der Waals surface area contributed by atoms with Crippen molar-refractivity contribution in [1.29, 1.82) is 0 Å². The van der Waals surface area contributed by atoms with Crippen molar-refractivity contribution in [2.75, 3.05) is 6.54 Å². The maximum Gasteiger partial charge on any atom is 0.275 e. The van der Waals surface area contributed by atoms with Crippen molar-refractivity contribution >= 4 is 18.3 Å². The molecule has 8 heteroatoms. The summed E-state index contributed by atoms with van der Waals surface area (Å²) < 4.78 is 15.2. The van der Waals surface area contributed by atoms with Crippen LogP contribution in [0.15, 0.2) is 35.1 Å². The summed E-state index contributed by atoms with van der Waals surface area (Å²) in [6, 6.07) is 7.20. The van der Waals surface area contributed by atoms with Crippen molar-refractivity contribution in [2.45, 2.75) is 25.8 Å². The molecule has 3 N–H and O–H groups in total. The van der Waals surface area contributed by atoms with Crippen molar-refractivity contribution in [2.24, 2.45) is 11.7 Å². The van der Waals surface area contributed by atoms with E-state index in [4.69, 9.17) is 5.73 Å². The van der Waals surface area contributed by atoms with E-state index in [1.54, 1.807) is 19.1 Å². The molecule has 3 rings (SSSR count). The number of rotatable bonds is 5. The largest absolute Gasteiger partial charge is 0.349 e. The summed E-state index contributed by atoms with van der Waals surface area (Å²) >= 11 is 0. The Morgan fingerprint density at radius 3 is 2.76 bits per heavy atom. The molecule has 0 spiro atoms. The second-order valence-electron chi connectivity index (χ2n) is 6.07. The lowest BCUT2D eigenvalue weighted by Crippen LogP contribution is -2.40. The van der Waals surface area contributed by atoms with E-state index >= 15 is 0 Å². The first kappa shape index (κ1) is 19.1. The van der Waals surface area contributed by atoms with Gasteiger partial charge in [0.05, 0.1) is 0 Å². The molecule has 1 aliphatic rings. The maximum absolute atomic E-state index is 14.0. The van der Waals surface area contributed by atoms with Crippen LogP contribution in [-0.4, -0.2) is 28.3 Å². The van der Waals surface area contributed by atoms with Crippen LogP contribution in [-0.2, 0) is 0 Å². The summed E-state index contributed by atoms with van der Waals surface area (Å²) in [5, 5.41) is 6.69. The first-order chi connectivity index (χ1) is 11.5. The number of hydrogen-bond acceptors (Lipinski definition) is 4. The lowest BCUT2D eigenvalue weighted by atomic mass is 10.2. The molecule has 0 radical (unpaired) electrons. The van der Waals surface area contributed by atoms with Gasteiger partial charge in [-0.3, -0.25) is 9.59 Å². The Hall–Kier alpha value is -2.25. The van der Waals surface area contributed by atoms with Crippen LogP contribution < -0.4 is 16.5 Å². The molecular weight excluding hydrogens is 347 g/mol. The van der Waals surface area contributed by atoms with E-state index in [-0.39, 0.29) is 36.4 Å². The smallest absolute Gasteiger partial charge is 0.275 e. The van der Waals surface area contributed by atoms with Gasteiger partial charge in [0, 0.05) is 24.3 Å². The number of nitrogens with zero attached hydrogens (tertiary/aromatic N) is 2. The minimum absolute atomic E-state index is 0. The summed E-state index contributed by atoms with van der Waals surface area (Å²) in [5.74, 6) is -0.647. The van der Waals surface area contributed by atoms with E-state index < -0.39 is 17.2 Å². The molecule has 1 aliphatic carbocycles. The topological polar surface area (TPSA) is 90.0 Å². The van der Waals surface area contributed by atoms with E-state index in [0.717, 1.165) is 12.8 Å². The van der Waals surface area contributed by atoms with E-state index in [2.05, 4.69) is 10.4 Å². The Kier molecular flexibility index (Phi) is 5.92. The quantitative estimate of drug-likeness (QED) is 0.840. The number of benzene rings is 1. The van der Waals surface area contributed by atoms with Crippen LogP contribution in [0.4, 0.5) is 4.39 Å². The van der Waals surface area contributed by atoms with Gasteiger partial charge >= 0.3 is 0 Å². The Balaban J connectivity index is 0.00000225. The van der Waals surface area contributed by atoms with Gasteiger partial charge in [0.25, 0.3) is 5.91 Å². The fourth-order valence-corrected chi connectivity index (χ4v) is 2.56. The summed E-state index contributed by atoms with van der Waals surface area (Å²) in [5.41, 5.74) is 5.79. The van der Waals surface area contributed by atoms with Crippen molar-refractivity contribution in [3.8, 4) is 5.69 Å². The zero-order valence-electron chi connectivity index (χ0n) is 13.7. The molecule has 1 unspecified atom stereocenters. The highest BCUT2D eigenvalue weighted by molar-refractivity contribution is 5.92. The Bertz CT molecular complexity index is 836. The average Bonchev–Trinajstić information content (AvgIpc) is 3.38. The average molecular weight is 367 g/mol. The lowest BCUT2D eigenvalue weighted by Gasteiger charge is -2.13. The summed E-state index contributed by atoms with van der Waals surface area (Å²) in [6.07, 6.45) is 2.14. The van der Waals surface area contributed by atoms with Crippen LogP contribution in [0.5, 0.6) is 0 Å². The minimum atomic E-state index is -0.596. The molecule has 0 aliphatic heterocycles. The molecule has 0 saturated heterocycles. The molecule has 1 saturated carbocycles. The number of para-hydroxylation sites is 1. The predicted molar refractivity (Wildman–Crippen MR) is 94.8 cm³/mol. The zero-order chi connectivity index (χ0) is 17.3. The Morgan fingerprint density at radius 2 is 2.12 bits per heavy atom. The molecule has 1 fully saturated rings. The highest BCUT2D eigenvalue weighted by atomic mass is 35.5. The number of aromatic nitrogens is 2. The molecule has 1 aromatic carbocycles. The number of nitrogens with one attached hydrogen (secondary N) is 1. The van der Waals surface area contributed by atoms with Gasteiger partial charge in [-0.15, -0.1) is 12.4 Å². The molecule has 1 atom stereocenters. The fourth-order valence-electron chi connectivity index (χ4n) is 2.56. The molecule has 1 heterocycles. The summed E-state index contributed by atoms with van der Waals surface area (Å²) in [4.78, 5) is 24.3. The van der Waals surface area contributed by atoms with Crippen molar-refractivity contribution in [1.82, 2.24) is 15.1 Å². The Labute approximate surface area is 150 Å². The number of carbonyl (C=O) groups excluding carboxylic acids is 1. The van der Waals surface area contributed by atoms with Gasteiger partial charge in [-0.2, -0.15) is 5.10 Å². The Morgan fingerprint density at radius 1 is 1.44 bits per heavy atom. The van der Waals surface area contributed by atoms with Crippen LogP contribution >= 0.6 is 12.4 Å². The predicted octanol–water partition coefficient (Wildman–Crippen LogP) is 1.57. The second kappa shape index (κ2) is 7.76. The monoisotopic (exact) mass is 366 g/mol. The van der Waals surface area contributed by atoms with Gasteiger partial charge < -0.3 is 11.1 Å². The van der Waals surface area contributed by atoms with E-state index in [9.17, 15) is 14.0 Å². The highest BCUT2D eigenvalue weighted by Gasteiger charge is 2.29. The van der Waals surface area contributed by atoms with Crippen LogP contribution in [0.1, 0.15) is 29.0 Å². The normalized spacial score (nSPS) is 14.5. The molecule has 2 aromatic rings. The third kappa shape index (κ3) is 4.24. The number of carbonyl (C=O) groups is 1. The fraction of sp³-hybridized carbons (Fsp3) is 0.353. The van der Waals surface area contributed by atoms with Gasteiger partial charge in [-0.25, -0.2) is 9.07 Å². The number of halogens is 2. The molecule has 1 aromatic heterocycles. The number of aryl methyl sites for hydroxylation is 1. The molecular formula is C17H20ClFN4O2. The van der Waals surface area contributed by atoms with Gasteiger partial charge in [0.2, 0.25) is 5.43 Å². The standard InChI is InChI=1S/C17H19FN4O2.ClH/c1-10-8-15(23)16(17(24)20-9-13(19)11-6-7-11)21-22(10)14-5-3-2-4-12(14)18;/h2-5,8,11,13H,6-7,9,19H2,1H3,(H,20,24);1H. The molecule has 0 bridgehead atoms. The molecule has 1 amide bonds. The van der Waals surface area contributed by atoms with Gasteiger partial charge in [-0.1, -0.05) is 12.1 Å². The number of hydrogen-bond donors (Lipinski definition) is 2. The van der Waals surface area contributed by atoms with E-state index in [0.29, 0.717) is 11.6 Å². The third-order valence-electron chi connectivity index (χ3n) is 4.13. The van der Waals surface area contributed by atoms with E-state index in [1.807, 2.05) is 0 Å². The van der Waals surface area contributed by atoms with Gasteiger partial charge in [-0.05, 0) is 37.8 Å². The number of nitrogens with two attached hydrogens (primary N) is 1. The first-order valence-corrected chi connectivity index (χ1v) is 7.87. The lowest BCUT2D eigenvalue weighted by molar-refractivity contribution is 0.0942. The summed E-state index contributed by atoms with van der Waals surface area (Å²) in [7, 11) is 0. The van der Waals surface area contributed by atoms with Crippen molar-refractivity contribution < 1.29 is 9.18 Å². The summed E-state index contributed by atoms with van der Waals surface area (Å²) in [6.45, 7) is 1.92. The van der Waals surface area contributed by atoms with Crippen molar-refractivity contribution in [3.05, 3.63) is 57.8 Å². The minimum Gasteiger partial charge on any atom is -0.349 e. The first-order valence-electron chi connectivity index (χ1n) is 7.87. The second-order valence-corrected chi connectivity index (χ2v) is 6.07. The van der Waals surface area contributed by atoms with Crippen LogP contribution in [0.25, 0.3) is 5.69 Å². The highest BCUT2D eigenvalue weighted by Crippen LogP contribution is 2.31.